The van der Waals surface area contributed by atoms with Crippen LogP contribution in [-0.2, 0) is 4.79 Å². The van der Waals surface area contributed by atoms with Crippen LogP contribution >= 0.6 is 0 Å². The summed E-state index contributed by atoms with van der Waals surface area (Å²) in [6.45, 7) is 3.62. The molecule has 1 aromatic rings. The fraction of sp³-hybridized carbons (Fsp3) is 0.462. The normalized spacial score (nSPS) is 14.1. The zero-order valence-corrected chi connectivity index (χ0v) is 10.4. The van der Waals surface area contributed by atoms with Crippen LogP contribution in [0.5, 0.6) is 5.75 Å². The third-order valence-corrected chi connectivity index (χ3v) is 2.70. The van der Waals surface area contributed by atoms with Gasteiger partial charge in [0.05, 0.1) is 0 Å². The van der Waals surface area contributed by atoms with E-state index in [4.69, 9.17) is 9.84 Å². The standard InChI is InChI=1S/C13H19NO3/c1-4-12(14-3)10-5-7-11(8-6-10)17-9(2)13(15)16/h5-9,12,14H,4H2,1-3H3,(H,15,16). The molecule has 4 nitrogen and oxygen atoms in total. The Morgan fingerprint density at radius 3 is 2.41 bits per heavy atom. The summed E-state index contributed by atoms with van der Waals surface area (Å²) in [6, 6.07) is 7.83. The number of carbonyl (C=O) groups is 1. The predicted molar refractivity (Wildman–Crippen MR) is 66.3 cm³/mol. The van der Waals surface area contributed by atoms with Gasteiger partial charge >= 0.3 is 5.97 Å². The maximum absolute atomic E-state index is 10.6. The van der Waals surface area contributed by atoms with Gasteiger partial charge in [-0.3, -0.25) is 0 Å². The van der Waals surface area contributed by atoms with Gasteiger partial charge in [0.15, 0.2) is 6.10 Å². The van der Waals surface area contributed by atoms with Crippen LogP contribution in [0.3, 0.4) is 0 Å². The average Bonchev–Trinajstić information content (AvgIpc) is 2.32. The van der Waals surface area contributed by atoms with Crippen LogP contribution in [0.2, 0.25) is 0 Å². The number of hydrogen-bond donors (Lipinski definition) is 2. The first-order chi connectivity index (χ1) is 8.08. The molecule has 4 heteroatoms. The molecule has 2 unspecified atom stereocenters. The fourth-order valence-electron chi connectivity index (χ4n) is 1.64. The van der Waals surface area contributed by atoms with Gasteiger partial charge in [-0.2, -0.15) is 0 Å². The first-order valence-corrected chi connectivity index (χ1v) is 5.75. The zero-order valence-electron chi connectivity index (χ0n) is 10.4. The number of carboxylic acid groups (broad SMARTS) is 1. The lowest BCUT2D eigenvalue weighted by Crippen LogP contribution is -2.22. The molecule has 17 heavy (non-hydrogen) atoms. The smallest absolute Gasteiger partial charge is 0.344 e. The van der Waals surface area contributed by atoms with Crippen LogP contribution in [0.1, 0.15) is 31.9 Å². The van der Waals surface area contributed by atoms with E-state index in [0.29, 0.717) is 11.8 Å². The highest BCUT2D eigenvalue weighted by Gasteiger charge is 2.12. The maximum Gasteiger partial charge on any atom is 0.344 e. The summed E-state index contributed by atoms with van der Waals surface area (Å²) in [5.41, 5.74) is 1.17. The molecule has 0 aliphatic rings. The highest BCUT2D eigenvalue weighted by atomic mass is 16.5. The molecule has 0 aromatic heterocycles. The Balaban J connectivity index is 2.71. The second-order valence-corrected chi connectivity index (χ2v) is 3.92. The SMILES string of the molecule is CCC(NC)c1ccc(OC(C)C(=O)O)cc1. The van der Waals surface area contributed by atoms with Gasteiger partial charge in [0.2, 0.25) is 0 Å². The summed E-state index contributed by atoms with van der Waals surface area (Å²) in [7, 11) is 1.92. The molecule has 0 aliphatic carbocycles. The van der Waals surface area contributed by atoms with Crippen molar-refractivity contribution in [3.8, 4) is 5.75 Å². The molecule has 0 aliphatic heterocycles. The lowest BCUT2D eigenvalue weighted by Gasteiger charge is -2.15. The topological polar surface area (TPSA) is 58.6 Å². The molecule has 0 fully saturated rings. The number of aliphatic carboxylic acids is 1. The number of hydrogen-bond acceptors (Lipinski definition) is 3. The van der Waals surface area contributed by atoms with Crippen molar-refractivity contribution in [3.63, 3.8) is 0 Å². The molecule has 2 N–H and O–H groups in total. The monoisotopic (exact) mass is 237 g/mol. The van der Waals surface area contributed by atoms with E-state index in [2.05, 4.69) is 12.2 Å². The molecular weight excluding hydrogens is 218 g/mol. The minimum atomic E-state index is -0.962. The summed E-state index contributed by atoms with van der Waals surface area (Å²) < 4.78 is 5.26. The first kappa shape index (κ1) is 13.5. The second-order valence-electron chi connectivity index (χ2n) is 3.92. The van der Waals surface area contributed by atoms with Crippen molar-refractivity contribution in [2.24, 2.45) is 0 Å². The third-order valence-electron chi connectivity index (χ3n) is 2.70. The summed E-state index contributed by atoms with van der Waals surface area (Å²) in [6.07, 6.45) is 0.175. The Bertz CT molecular complexity index is 357. The number of rotatable bonds is 6. The van der Waals surface area contributed by atoms with Gasteiger partial charge in [-0.1, -0.05) is 19.1 Å². The van der Waals surface area contributed by atoms with Crippen molar-refractivity contribution < 1.29 is 14.6 Å². The molecule has 0 amide bonds. The van der Waals surface area contributed by atoms with Gasteiger partial charge in [0.25, 0.3) is 0 Å². The van der Waals surface area contributed by atoms with Crippen molar-refractivity contribution in [3.05, 3.63) is 29.8 Å². The highest BCUT2D eigenvalue weighted by molar-refractivity contribution is 5.72. The molecule has 0 radical (unpaired) electrons. The number of ether oxygens (including phenoxy) is 1. The zero-order chi connectivity index (χ0) is 12.8. The first-order valence-electron chi connectivity index (χ1n) is 5.75. The van der Waals surface area contributed by atoms with Gasteiger partial charge in [0, 0.05) is 6.04 Å². The third kappa shape index (κ3) is 3.75. The largest absolute Gasteiger partial charge is 0.479 e. The van der Waals surface area contributed by atoms with E-state index >= 15 is 0 Å². The van der Waals surface area contributed by atoms with Gasteiger partial charge in [-0.05, 0) is 38.1 Å². The summed E-state index contributed by atoms with van der Waals surface area (Å²) >= 11 is 0. The maximum atomic E-state index is 10.6. The number of carboxylic acids is 1. The number of nitrogens with one attached hydrogen (secondary N) is 1. The van der Waals surface area contributed by atoms with Crippen molar-refractivity contribution in [2.45, 2.75) is 32.4 Å². The molecule has 0 heterocycles. The van der Waals surface area contributed by atoms with Gasteiger partial charge in [-0.15, -0.1) is 0 Å². The molecule has 1 aromatic carbocycles. The molecule has 2 atom stereocenters. The minimum absolute atomic E-state index is 0.320. The van der Waals surface area contributed by atoms with E-state index in [1.54, 1.807) is 12.1 Å². The van der Waals surface area contributed by atoms with E-state index in [0.717, 1.165) is 6.42 Å². The molecule has 0 spiro atoms. The molecule has 94 valence electrons. The van der Waals surface area contributed by atoms with Crippen molar-refractivity contribution >= 4 is 5.97 Å². The average molecular weight is 237 g/mol. The van der Waals surface area contributed by atoms with Crippen LogP contribution in [0, 0.1) is 0 Å². The van der Waals surface area contributed by atoms with Crippen LogP contribution in [0.15, 0.2) is 24.3 Å². The summed E-state index contributed by atoms with van der Waals surface area (Å²) in [5.74, 6) is -0.384. The van der Waals surface area contributed by atoms with Gasteiger partial charge in [-0.25, -0.2) is 4.79 Å². The van der Waals surface area contributed by atoms with E-state index in [1.165, 1.54) is 12.5 Å². The minimum Gasteiger partial charge on any atom is -0.479 e. The Kier molecular flexibility index (Phi) is 4.97. The second kappa shape index (κ2) is 6.25. The Hall–Kier alpha value is -1.55. The van der Waals surface area contributed by atoms with E-state index < -0.39 is 12.1 Å². The van der Waals surface area contributed by atoms with E-state index in [1.807, 2.05) is 19.2 Å². The lowest BCUT2D eigenvalue weighted by molar-refractivity contribution is -0.144. The van der Waals surface area contributed by atoms with Crippen molar-refractivity contribution in [1.82, 2.24) is 5.32 Å². The van der Waals surface area contributed by atoms with E-state index in [-0.39, 0.29) is 0 Å². The molecule has 0 bridgehead atoms. The highest BCUT2D eigenvalue weighted by Crippen LogP contribution is 2.20. The Morgan fingerprint density at radius 1 is 1.41 bits per heavy atom. The van der Waals surface area contributed by atoms with E-state index in [9.17, 15) is 4.79 Å². The van der Waals surface area contributed by atoms with Crippen LogP contribution in [0.4, 0.5) is 0 Å². The van der Waals surface area contributed by atoms with Crippen LogP contribution in [0.25, 0.3) is 0 Å². The van der Waals surface area contributed by atoms with Gasteiger partial charge < -0.3 is 15.2 Å². The summed E-state index contributed by atoms with van der Waals surface area (Å²) in [5, 5.41) is 11.9. The molecular formula is C13H19NO3. The fourth-order valence-corrected chi connectivity index (χ4v) is 1.64. The Morgan fingerprint density at radius 2 is 2.00 bits per heavy atom. The summed E-state index contributed by atoms with van der Waals surface area (Å²) in [4.78, 5) is 10.6. The quantitative estimate of drug-likeness (QED) is 0.796. The molecule has 0 saturated carbocycles. The van der Waals surface area contributed by atoms with Gasteiger partial charge in [0.1, 0.15) is 5.75 Å². The molecule has 0 saturated heterocycles. The predicted octanol–water partition coefficient (Wildman–Crippen LogP) is 2.21. The molecule has 1 rings (SSSR count). The lowest BCUT2D eigenvalue weighted by atomic mass is 10.0. The van der Waals surface area contributed by atoms with Crippen molar-refractivity contribution in [2.75, 3.05) is 7.05 Å². The van der Waals surface area contributed by atoms with Crippen LogP contribution in [-0.4, -0.2) is 24.2 Å². The Labute approximate surface area is 102 Å². The number of benzene rings is 1. The van der Waals surface area contributed by atoms with Crippen molar-refractivity contribution in [1.29, 1.82) is 0 Å². The van der Waals surface area contributed by atoms with Crippen LogP contribution < -0.4 is 10.1 Å².